The number of nitrogens with zero attached hydrogens (tertiary/aromatic N) is 3. The van der Waals surface area contributed by atoms with Crippen molar-refractivity contribution < 1.29 is 9.53 Å². The number of hydrogen-bond acceptors (Lipinski definition) is 3. The van der Waals surface area contributed by atoms with Crippen LogP contribution in [0.15, 0.2) is 0 Å². The average Bonchev–Trinajstić information content (AvgIpc) is 2.52. The van der Waals surface area contributed by atoms with E-state index >= 15 is 0 Å². The van der Waals surface area contributed by atoms with Gasteiger partial charge in [0, 0.05) is 13.1 Å². The second kappa shape index (κ2) is 4.71. The van der Waals surface area contributed by atoms with Crippen LogP contribution in [0.5, 0.6) is 0 Å². The number of amides is 1. The van der Waals surface area contributed by atoms with Gasteiger partial charge in [0.1, 0.15) is 15.1 Å². The van der Waals surface area contributed by atoms with Gasteiger partial charge in [0.2, 0.25) is 0 Å². The maximum atomic E-state index is 12.0. The lowest BCUT2D eigenvalue weighted by Crippen LogP contribution is -2.41. The highest BCUT2D eigenvalue weighted by Gasteiger charge is 2.28. The van der Waals surface area contributed by atoms with E-state index in [9.17, 15) is 4.79 Å². The summed E-state index contributed by atoms with van der Waals surface area (Å²) in [6, 6.07) is 0. The average molecular weight is 363 g/mol. The second-order valence-corrected chi connectivity index (χ2v) is 6.47. The van der Waals surface area contributed by atoms with Gasteiger partial charge in [-0.1, -0.05) is 0 Å². The number of carbonyl (C=O) groups excluding carboxylic acids is 1. The van der Waals surface area contributed by atoms with Crippen molar-refractivity contribution in [2.75, 3.05) is 6.54 Å². The summed E-state index contributed by atoms with van der Waals surface area (Å²) < 4.78 is 8.53. The second-order valence-electron chi connectivity index (χ2n) is 5.45. The molecule has 0 aromatic carbocycles. The topological polar surface area (TPSA) is 47.4 Å². The van der Waals surface area contributed by atoms with Crippen LogP contribution in [-0.4, -0.2) is 32.7 Å². The Balaban J connectivity index is 2.12. The summed E-state index contributed by atoms with van der Waals surface area (Å²) >= 11 is 2.22. The van der Waals surface area contributed by atoms with Crippen LogP contribution in [0.3, 0.4) is 0 Å². The molecule has 2 heterocycles. The number of aryl methyl sites for hydroxylation is 1. The maximum absolute atomic E-state index is 12.0. The Bertz CT molecular complexity index is 476. The van der Waals surface area contributed by atoms with E-state index in [-0.39, 0.29) is 6.09 Å². The number of ether oxygens (including phenoxy) is 1. The lowest BCUT2D eigenvalue weighted by atomic mass is 10.2. The lowest BCUT2D eigenvalue weighted by molar-refractivity contribution is 0.0197. The van der Waals surface area contributed by atoms with Gasteiger partial charge in [-0.2, -0.15) is 0 Å². The summed E-state index contributed by atoms with van der Waals surface area (Å²) in [6.45, 7) is 9.68. The van der Waals surface area contributed by atoms with Crippen LogP contribution >= 0.6 is 22.6 Å². The van der Waals surface area contributed by atoms with Gasteiger partial charge in [-0.25, -0.2) is 9.78 Å². The highest BCUT2D eigenvalue weighted by Crippen LogP contribution is 2.21. The monoisotopic (exact) mass is 363 g/mol. The number of halogens is 1. The van der Waals surface area contributed by atoms with Crippen LogP contribution in [0.4, 0.5) is 4.79 Å². The SMILES string of the molecule is Cc1nc(I)c2n1CCN(C(=O)OC(C)(C)C)C2. The first-order chi connectivity index (χ1) is 8.28. The van der Waals surface area contributed by atoms with Crippen molar-refractivity contribution in [2.45, 2.75) is 46.4 Å². The van der Waals surface area contributed by atoms with Gasteiger partial charge >= 0.3 is 6.09 Å². The van der Waals surface area contributed by atoms with Crippen molar-refractivity contribution in [3.8, 4) is 0 Å². The van der Waals surface area contributed by atoms with Gasteiger partial charge in [-0.05, 0) is 50.3 Å². The van der Waals surface area contributed by atoms with Crippen LogP contribution in [0.25, 0.3) is 0 Å². The van der Waals surface area contributed by atoms with Gasteiger partial charge in [0.25, 0.3) is 0 Å². The van der Waals surface area contributed by atoms with Gasteiger partial charge in [-0.3, -0.25) is 0 Å². The van der Waals surface area contributed by atoms with E-state index in [2.05, 4.69) is 32.1 Å². The van der Waals surface area contributed by atoms with Crippen LogP contribution in [0, 0.1) is 10.6 Å². The summed E-state index contributed by atoms with van der Waals surface area (Å²) in [5, 5.41) is 0. The number of rotatable bonds is 0. The van der Waals surface area contributed by atoms with Gasteiger partial charge in [-0.15, -0.1) is 0 Å². The third-order valence-corrected chi connectivity index (χ3v) is 3.66. The molecule has 1 aromatic rings. The highest BCUT2D eigenvalue weighted by atomic mass is 127. The maximum Gasteiger partial charge on any atom is 0.410 e. The minimum Gasteiger partial charge on any atom is -0.444 e. The normalized spacial score (nSPS) is 15.5. The zero-order valence-electron chi connectivity index (χ0n) is 11.2. The first-order valence-corrected chi connectivity index (χ1v) is 7.05. The predicted molar refractivity (Wildman–Crippen MR) is 76.3 cm³/mol. The number of fused-ring (bicyclic) bond motifs is 1. The third-order valence-electron chi connectivity index (χ3n) is 2.80. The fraction of sp³-hybridized carbons (Fsp3) is 0.667. The van der Waals surface area contributed by atoms with Crippen molar-refractivity contribution in [1.82, 2.24) is 14.5 Å². The Hall–Kier alpha value is -0.790. The first kappa shape index (κ1) is 13.6. The van der Waals surface area contributed by atoms with Gasteiger partial charge < -0.3 is 14.2 Å². The third kappa shape index (κ3) is 2.78. The fourth-order valence-electron chi connectivity index (χ4n) is 1.98. The predicted octanol–water partition coefficient (Wildman–Crippen LogP) is 2.55. The van der Waals surface area contributed by atoms with Crippen molar-refractivity contribution in [2.24, 2.45) is 0 Å². The summed E-state index contributed by atoms with van der Waals surface area (Å²) in [7, 11) is 0. The molecule has 0 N–H and O–H groups in total. The number of aromatic nitrogens is 2. The van der Waals surface area contributed by atoms with Crippen LogP contribution in [0.1, 0.15) is 32.3 Å². The molecular formula is C12H18IN3O2. The molecule has 0 bridgehead atoms. The van der Waals surface area contributed by atoms with Crippen molar-refractivity contribution in [3.63, 3.8) is 0 Å². The van der Waals surface area contributed by atoms with Crippen molar-refractivity contribution >= 4 is 28.7 Å². The Morgan fingerprint density at radius 1 is 1.39 bits per heavy atom. The van der Waals surface area contributed by atoms with Crippen LogP contribution in [0.2, 0.25) is 0 Å². The molecule has 0 unspecified atom stereocenters. The van der Waals surface area contributed by atoms with E-state index in [1.165, 1.54) is 0 Å². The van der Waals surface area contributed by atoms with Crippen molar-refractivity contribution in [1.29, 1.82) is 0 Å². The highest BCUT2D eigenvalue weighted by molar-refractivity contribution is 14.1. The minimum atomic E-state index is -0.447. The molecule has 0 radical (unpaired) electrons. The Kier molecular flexibility index (Phi) is 3.57. The summed E-state index contributed by atoms with van der Waals surface area (Å²) in [5.41, 5.74) is 0.655. The molecule has 6 heteroatoms. The first-order valence-electron chi connectivity index (χ1n) is 5.97. The molecule has 0 aliphatic carbocycles. The largest absolute Gasteiger partial charge is 0.444 e. The van der Waals surface area contributed by atoms with E-state index in [1.807, 2.05) is 27.7 Å². The molecular weight excluding hydrogens is 345 g/mol. The van der Waals surface area contributed by atoms with Crippen LogP contribution in [-0.2, 0) is 17.8 Å². The summed E-state index contributed by atoms with van der Waals surface area (Å²) in [4.78, 5) is 18.2. The Labute approximate surface area is 121 Å². The molecule has 0 saturated heterocycles. The van der Waals surface area contributed by atoms with E-state index in [0.717, 1.165) is 21.8 Å². The quantitative estimate of drug-likeness (QED) is 0.666. The summed E-state index contributed by atoms with van der Waals surface area (Å²) in [5.74, 6) is 1.01. The zero-order valence-corrected chi connectivity index (χ0v) is 13.3. The molecule has 0 spiro atoms. The molecule has 0 atom stereocenters. The molecule has 0 fully saturated rings. The fourth-order valence-corrected chi connectivity index (χ4v) is 2.79. The smallest absolute Gasteiger partial charge is 0.410 e. The zero-order chi connectivity index (χ0) is 13.5. The molecule has 18 heavy (non-hydrogen) atoms. The van der Waals surface area contributed by atoms with E-state index in [4.69, 9.17) is 4.74 Å². The van der Waals surface area contributed by atoms with Gasteiger partial charge in [0.05, 0.1) is 12.2 Å². The lowest BCUT2D eigenvalue weighted by Gasteiger charge is -2.31. The Morgan fingerprint density at radius 2 is 2.06 bits per heavy atom. The molecule has 100 valence electrons. The molecule has 1 aromatic heterocycles. The Morgan fingerprint density at radius 3 is 2.67 bits per heavy atom. The standard InChI is InChI=1S/C12H18IN3O2/c1-8-14-10(13)9-7-15(5-6-16(8)9)11(17)18-12(2,3)4/h5-7H2,1-4H3. The number of imidazole rings is 1. The van der Waals surface area contributed by atoms with Crippen molar-refractivity contribution in [3.05, 3.63) is 15.2 Å². The molecule has 0 saturated carbocycles. The molecule has 5 nitrogen and oxygen atoms in total. The number of hydrogen-bond donors (Lipinski definition) is 0. The molecule has 1 aliphatic heterocycles. The van der Waals surface area contributed by atoms with Gasteiger partial charge in [0.15, 0.2) is 0 Å². The minimum absolute atomic E-state index is 0.247. The molecule has 2 rings (SSSR count). The van der Waals surface area contributed by atoms with E-state index in [0.29, 0.717) is 13.1 Å². The molecule has 1 amide bonds. The van der Waals surface area contributed by atoms with E-state index in [1.54, 1.807) is 4.90 Å². The van der Waals surface area contributed by atoms with E-state index < -0.39 is 5.60 Å². The number of carbonyl (C=O) groups is 1. The summed E-state index contributed by atoms with van der Waals surface area (Å²) in [6.07, 6.45) is -0.247. The molecule has 1 aliphatic rings. The van der Waals surface area contributed by atoms with Crippen LogP contribution < -0.4 is 0 Å².